The van der Waals surface area contributed by atoms with E-state index in [4.69, 9.17) is 0 Å². The largest absolute Gasteiger partial charge is 0.247 e. The second kappa shape index (κ2) is 3.95. The molecule has 0 bridgehead atoms. The Labute approximate surface area is 99.9 Å². The third-order valence-corrected chi connectivity index (χ3v) is 4.21. The summed E-state index contributed by atoms with van der Waals surface area (Å²) in [5.74, 6) is 0. The molecule has 0 saturated carbocycles. The maximum Gasteiger partial charge on any atom is 0.100 e. The minimum absolute atomic E-state index is 0.547. The van der Waals surface area contributed by atoms with Crippen molar-refractivity contribution in [3.8, 4) is 0 Å². The Morgan fingerprint density at radius 1 is 1.12 bits per heavy atom. The molecule has 0 saturated heterocycles. The van der Waals surface area contributed by atoms with Crippen molar-refractivity contribution in [2.24, 2.45) is 0 Å². The molecule has 1 aromatic heterocycles. The number of thioether (sulfide) groups is 1. The maximum atomic E-state index is 4.59. The van der Waals surface area contributed by atoms with Crippen molar-refractivity contribution in [3.05, 3.63) is 59.3 Å². The van der Waals surface area contributed by atoms with Crippen molar-refractivity contribution in [2.45, 2.75) is 23.6 Å². The lowest BCUT2D eigenvalue weighted by molar-refractivity contribution is 0.926. The van der Waals surface area contributed by atoms with Crippen LogP contribution in [0.1, 0.15) is 22.1 Å². The molecule has 0 radical (unpaired) electrons. The third-order valence-electron chi connectivity index (χ3n) is 2.91. The Hall–Kier alpha value is -1.28. The number of pyridine rings is 1. The Balaban J connectivity index is 1.91. The predicted molar refractivity (Wildman–Crippen MR) is 67.7 cm³/mol. The van der Waals surface area contributed by atoms with Crippen LogP contribution in [-0.2, 0) is 6.42 Å². The van der Waals surface area contributed by atoms with Gasteiger partial charge in [-0.3, -0.25) is 0 Å². The molecular weight excluding hydrogens is 214 g/mol. The predicted octanol–water partition coefficient (Wildman–Crippen LogP) is 3.78. The van der Waals surface area contributed by atoms with Crippen molar-refractivity contribution >= 4 is 11.8 Å². The summed E-state index contributed by atoms with van der Waals surface area (Å²) in [5, 5.41) is 1.76. The number of fused-ring (bicyclic) bond motifs is 1. The molecule has 16 heavy (non-hydrogen) atoms. The Bertz CT molecular complexity index is 507. The van der Waals surface area contributed by atoms with Crippen LogP contribution in [0.5, 0.6) is 0 Å². The summed E-state index contributed by atoms with van der Waals surface area (Å²) in [7, 11) is 0. The lowest BCUT2D eigenvalue weighted by atomic mass is 10.1. The minimum Gasteiger partial charge on any atom is -0.247 e. The van der Waals surface area contributed by atoms with Gasteiger partial charge in [-0.2, -0.15) is 0 Å². The fraction of sp³-hybridized carbons (Fsp3) is 0.214. The van der Waals surface area contributed by atoms with Gasteiger partial charge in [0.05, 0.1) is 0 Å². The molecule has 0 N–H and O–H groups in total. The number of aromatic nitrogens is 1. The van der Waals surface area contributed by atoms with Crippen LogP contribution in [0.15, 0.2) is 47.5 Å². The van der Waals surface area contributed by atoms with E-state index in [2.05, 4.69) is 54.4 Å². The Kier molecular flexibility index (Phi) is 2.44. The van der Waals surface area contributed by atoms with E-state index in [9.17, 15) is 0 Å². The molecular formula is C14H13NS. The molecule has 0 fully saturated rings. The monoisotopic (exact) mass is 227 g/mol. The Morgan fingerprint density at radius 2 is 1.94 bits per heavy atom. The summed E-state index contributed by atoms with van der Waals surface area (Å²) < 4.78 is 0. The van der Waals surface area contributed by atoms with Gasteiger partial charge < -0.3 is 0 Å². The summed E-state index contributed by atoms with van der Waals surface area (Å²) in [4.78, 5) is 4.59. The first-order chi connectivity index (χ1) is 7.83. The highest BCUT2D eigenvalue weighted by molar-refractivity contribution is 7.99. The molecule has 0 aliphatic carbocycles. The summed E-state index contributed by atoms with van der Waals surface area (Å²) in [6.45, 7) is 2.05. The molecule has 0 spiro atoms. The van der Waals surface area contributed by atoms with E-state index in [0.29, 0.717) is 5.25 Å². The molecule has 0 amide bonds. The highest BCUT2D eigenvalue weighted by Crippen LogP contribution is 2.45. The molecule has 2 heteroatoms. The summed E-state index contributed by atoms with van der Waals surface area (Å²) in [6.07, 6.45) is 1.11. The number of nitrogens with zero attached hydrogens (tertiary/aromatic N) is 1. The molecule has 2 aromatic rings. The molecule has 1 aromatic carbocycles. The normalized spacial score (nSPS) is 18.4. The van der Waals surface area contributed by atoms with Gasteiger partial charge in [0.15, 0.2) is 0 Å². The van der Waals surface area contributed by atoms with Gasteiger partial charge in [-0.15, -0.1) is 0 Å². The summed E-state index contributed by atoms with van der Waals surface area (Å²) in [6, 6.07) is 15.0. The van der Waals surface area contributed by atoms with E-state index < -0.39 is 0 Å². The number of benzene rings is 1. The van der Waals surface area contributed by atoms with Gasteiger partial charge in [-0.1, -0.05) is 48.2 Å². The van der Waals surface area contributed by atoms with Gasteiger partial charge in [0.2, 0.25) is 0 Å². The van der Waals surface area contributed by atoms with Gasteiger partial charge >= 0.3 is 0 Å². The molecule has 1 nitrogen and oxygen atoms in total. The van der Waals surface area contributed by atoms with E-state index in [1.54, 1.807) is 0 Å². The number of aryl methyl sites for hydroxylation is 1. The SMILES string of the molecule is Cc1ccc2c(n1)SC(c1ccccc1)C2. The summed E-state index contributed by atoms with van der Waals surface area (Å²) >= 11 is 1.89. The van der Waals surface area contributed by atoms with Gasteiger partial charge in [0.25, 0.3) is 0 Å². The maximum absolute atomic E-state index is 4.59. The van der Waals surface area contributed by atoms with E-state index in [1.165, 1.54) is 16.2 Å². The highest BCUT2D eigenvalue weighted by Gasteiger charge is 2.24. The molecule has 1 atom stereocenters. The smallest absolute Gasteiger partial charge is 0.100 e. The van der Waals surface area contributed by atoms with Gasteiger partial charge in [0.1, 0.15) is 5.03 Å². The fourth-order valence-electron chi connectivity index (χ4n) is 2.05. The first-order valence-corrected chi connectivity index (χ1v) is 6.39. The lowest BCUT2D eigenvalue weighted by Crippen LogP contribution is -1.91. The van der Waals surface area contributed by atoms with Gasteiger partial charge in [-0.25, -0.2) is 4.98 Å². The lowest BCUT2D eigenvalue weighted by Gasteiger charge is -2.07. The van der Waals surface area contributed by atoms with Crippen LogP contribution < -0.4 is 0 Å². The molecule has 1 aliphatic heterocycles. The second-order valence-corrected chi connectivity index (χ2v) is 5.33. The Morgan fingerprint density at radius 3 is 2.75 bits per heavy atom. The standard InChI is InChI=1S/C14H13NS/c1-10-7-8-12-9-13(16-14(12)15-10)11-5-3-2-4-6-11/h2-8,13H,9H2,1H3. The van der Waals surface area contributed by atoms with Gasteiger partial charge in [0, 0.05) is 10.9 Å². The van der Waals surface area contributed by atoms with Crippen LogP contribution in [0.4, 0.5) is 0 Å². The summed E-state index contributed by atoms with van der Waals surface area (Å²) in [5.41, 5.74) is 3.91. The topological polar surface area (TPSA) is 12.9 Å². The highest BCUT2D eigenvalue weighted by atomic mass is 32.2. The average Bonchev–Trinajstić information content (AvgIpc) is 2.73. The molecule has 1 aliphatic rings. The third kappa shape index (κ3) is 1.74. The average molecular weight is 227 g/mol. The molecule has 80 valence electrons. The van der Waals surface area contributed by atoms with E-state index in [-0.39, 0.29) is 0 Å². The van der Waals surface area contributed by atoms with Crippen LogP contribution >= 0.6 is 11.8 Å². The van der Waals surface area contributed by atoms with E-state index in [1.807, 2.05) is 11.8 Å². The molecule has 2 heterocycles. The van der Waals surface area contributed by atoms with Crippen molar-refractivity contribution in [1.82, 2.24) is 4.98 Å². The number of rotatable bonds is 1. The van der Waals surface area contributed by atoms with Crippen LogP contribution in [-0.4, -0.2) is 4.98 Å². The fourth-order valence-corrected chi connectivity index (χ4v) is 3.37. The zero-order chi connectivity index (χ0) is 11.0. The van der Waals surface area contributed by atoms with E-state index in [0.717, 1.165) is 12.1 Å². The van der Waals surface area contributed by atoms with Crippen molar-refractivity contribution in [2.75, 3.05) is 0 Å². The first kappa shape index (κ1) is 9.91. The van der Waals surface area contributed by atoms with Crippen LogP contribution in [0.25, 0.3) is 0 Å². The van der Waals surface area contributed by atoms with E-state index >= 15 is 0 Å². The van der Waals surface area contributed by atoms with Crippen LogP contribution in [0.2, 0.25) is 0 Å². The van der Waals surface area contributed by atoms with Crippen molar-refractivity contribution in [1.29, 1.82) is 0 Å². The number of hydrogen-bond acceptors (Lipinski definition) is 2. The van der Waals surface area contributed by atoms with Crippen LogP contribution in [0, 0.1) is 6.92 Å². The first-order valence-electron chi connectivity index (χ1n) is 5.51. The van der Waals surface area contributed by atoms with Crippen molar-refractivity contribution in [3.63, 3.8) is 0 Å². The molecule has 3 rings (SSSR count). The van der Waals surface area contributed by atoms with Crippen molar-refractivity contribution < 1.29 is 0 Å². The second-order valence-electron chi connectivity index (χ2n) is 4.14. The quantitative estimate of drug-likeness (QED) is 0.735. The van der Waals surface area contributed by atoms with Gasteiger partial charge in [-0.05, 0) is 30.5 Å². The number of hydrogen-bond donors (Lipinski definition) is 0. The minimum atomic E-state index is 0.547. The zero-order valence-corrected chi connectivity index (χ0v) is 10.00. The zero-order valence-electron chi connectivity index (χ0n) is 9.18. The van der Waals surface area contributed by atoms with Crippen LogP contribution in [0.3, 0.4) is 0 Å². The molecule has 1 unspecified atom stereocenters.